The Morgan fingerprint density at radius 3 is 2.33 bits per heavy atom. The van der Waals surface area contributed by atoms with Crippen LogP contribution in [0.1, 0.15) is 92.8 Å². The molecule has 6 rings (SSSR count). The van der Waals surface area contributed by atoms with E-state index in [1.54, 1.807) is 29.7 Å². The highest BCUT2D eigenvalue weighted by Gasteiger charge is 2.44. The quantitative estimate of drug-likeness (QED) is 0.204. The molecule has 3 aliphatic rings. The molecule has 11 heteroatoms. The van der Waals surface area contributed by atoms with Gasteiger partial charge in [0.2, 0.25) is 0 Å². The summed E-state index contributed by atoms with van der Waals surface area (Å²) in [5, 5.41) is 35.1. The fraction of sp³-hybridized carbons (Fsp3) is 0.561. The van der Waals surface area contributed by atoms with Crippen LogP contribution in [-0.4, -0.2) is 85.9 Å². The van der Waals surface area contributed by atoms with Gasteiger partial charge in [-0.3, -0.25) is 4.90 Å². The fourth-order valence-corrected chi connectivity index (χ4v) is 8.69. The van der Waals surface area contributed by atoms with Crippen molar-refractivity contribution < 1.29 is 29.2 Å². The topological polar surface area (TPSA) is 110 Å². The minimum atomic E-state index is -2.40. The molecule has 0 spiro atoms. The summed E-state index contributed by atoms with van der Waals surface area (Å²) in [5.41, 5.74) is 6.62. The predicted octanol–water partition coefficient (Wildman–Crippen LogP) is 6.77. The summed E-state index contributed by atoms with van der Waals surface area (Å²) in [6, 6.07) is 11.2. The number of aryl methyl sites for hydroxylation is 2. The highest BCUT2D eigenvalue weighted by molar-refractivity contribution is 7.99. The van der Waals surface area contributed by atoms with Crippen LogP contribution in [0.15, 0.2) is 36.4 Å². The lowest BCUT2D eigenvalue weighted by atomic mass is 9.81. The van der Waals surface area contributed by atoms with Gasteiger partial charge >= 0.3 is 5.97 Å². The number of anilines is 1. The summed E-state index contributed by atoms with van der Waals surface area (Å²) >= 11 is 1.78. The summed E-state index contributed by atoms with van der Waals surface area (Å²) in [4.78, 5) is 24.3. The van der Waals surface area contributed by atoms with E-state index in [0.29, 0.717) is 55.2 Å². The Morgan fingerprint density at radius 1 is 1.00 bits per heavy atom. The molecule has 3 aromatic rings. The summed E-state index contributed by atoms with van der Waals surface area (Å²) in [7, 11) is 0. The first-order valence-corrected chi connectivity index (χ1v) is 19.7. The average Bonchev–Trinajstić information content (AvgIpc) is 3.08. The minimum absolute atomic E-state index is 0.114. The second-order valence-electron chi connectivity index (χ2n) is 16.5. The Balaban J connectivity index is 1.52. The van der Waals surface area contributed by atoms with E-state index in [1.807, 2.05) is 39.8 Å². The number of thioether (sulfide) groups is 1. The Labute approximate surface area is 312 Å². The number of hydrogen-bond acceptors (Lipinski definition) is 9. The molecule has 1 aromatic heterocycles. The number of piperidine rings is 1. The van der Waals surface area contributed by atoms with Gasteiger partial charge < -0.3 is 25.0 Å². The third kappa shape index (κ3) is 8.35. The van der Waals surface area contributed by atoms with Crippen LogP contribution in [0.5, 0.6) is 0 Å². The molecule has 1 atom stereocenters. The lowest BCUT2D eigenvalue weighted by molar-refractivity contribution is -0.275. The fourth-order valence-electron chi connectivity index (χ4n) is 7.79. The van der Waals surface area contributed by atoms with Crippen LogP contribution in [0.25, 0.3) is 11.1 Å². The third-order valence-electron chi connectivity index (χ3n) is 10.8. The summed E-state index contributed by atoms with van der Waals surface area (Å²) in [6.45, 7) is 18.3. The number of aliphatic carboxylic acids is 1. The SMILES string of the molecule is Cc1cc(F)ccc1CN1CCc2cc(-c3c(C(O)(O)N4CCSCC4)nc(C)c([C@H](OC(C)(C)C)C(=O)O)c3N3CCC(C)(C)CC3)ccc2C1. The number of carboxylic acids is 1. The maximum absolute atomic E-state index is 13.8. The molecule has 4 heterocycles. The van der Waals surface area contributed by atoms with E-state index in [1.165, 1.54) is 11.6 Å². The van der Waals surface area contributed by atoms with Gasteiger partial charge in [-0.05, 0) is 99.2 Å². The van der Waals surface area contributed by atoms with Crippen LogP contribution in [0.4, 0.5) is 10.1 Å². The van der Waals surface area contributed by atoms with E-state index in [0.717, 1.165) is 66.1 Å². The van der Waals surface area contributed by atoms with E-state index >= 15 is 0 Å². The number of hydrogen-bond donors (Lipinski definition) is 3. The van der Waals surface area contributed by atoms with Gasteiger partial charge in [0, 0.05) is 74.1 Å². The van der Waals surface area contributed by atoms with Crippen molar-refractivity contribution >= 4 is 23.4 Å². The maximum Gasteiger partial charge on any atom is 0.337 e. The van der Waals surface area contributed by atoms with E-state index in [9.17, 15) is 24.5 Å². The number of aromatic nitrogens is 1. The van der Waals surface area contributed by atoms with Crippen molar-refractivity contribution in [1.29, 1.82) is 0 Å². The lowest BCUT2D eigenvalue weighted by Gasteiger charge is -2.43. The number of halogens is 1. The molecule has 0 radical (unpaired) electrons. The predicted molar refractivity (Wildman–Crippen MR) is 205 cm³/mol. The first-order chi connectivity index (χ1) is 24.4. The standard InChI is InChI=1S/C41H55FN4O5S/c1-26-22-32(42)11-10-30(26)24-44-15-12-28-23-29(8-9-31(28)25-44)34-35(45-16-13-40(6,7)14-17-45)33(36(38(47)48)51-39(3,4)5)27(2)43-37(34)41(49,50)46-18-20-52-21-19-46/h8-11,22-23,36,49-50H,12-21,24-25H2,1-7H3,(H,47,48)/t36-/m0/s1. The van der Waals surface area contributed by atoms with Gasteiger partial charge in [0.1, 0.15) is 11.5 Å². The van der Waals surface area contributed by atoms with E-state index in [2.05, 4.69) is 35.8 Å². The number of carboxylic acid groups (broad SMARTS) is 1. The molecule has 0 saturated carbocycles. The first kappa shape index (κ1) is 38.7. The Kier molecular flexibility index (Phi) is 11.1. The highest BCUT2D eigenvalue weighted by atomic mass is 32.2. The second kappa shape index (κ2) is 15.0. The molecule has 2 saturated heterocycles. The van der Waals surface area contributed by atoms with Gasteiger partial charge in [0.15, 0.2) is 6.10 Å². The smallest absolute Gasteiger partial charge is 0.337 e. The number of benzene rings is 2. The Morgan fingerprint density at radius 2 is 1.69 bits per heavy atom. The number of fused-ring (bicyclic) bond motifs is 1. The Bertz CT molecular complexity index is 1790. The molecule has 9 nitrogen and oxygen atoms in total. The summed E-state index contributed by atoms with van der Waals surface area (Å²) < 4.78 is 20.1. The van der Waals surface area contributed by atoms with Gasteiger partial charge in [0.25, 0.3) is 5.91 Å². The van der Waals surface area contributed by atoms with Gasteiger partial charge in [0.05, 0.1) is 11.3 Å². The maximum atomic E-state index is 13.8. The van der Waals surface area contributed by atoms with Crippen molar-refractivity contribution in [3.63, 3.8) is 0 Å². The van der Waals surface area contributed by atoms with Crippen LogP contribution in [-0.2, 0) is 35.0 Å². The molecule has 52 heavy (non-hydrogen) atoms. The lowest BCUT2D eigenvalue weighted by Crippen LogP contribution is -2.51. The Hall–Kier alpha value is -3.06. The normalized spacial score (nSPS) is 19.4. The van der Waals surface area contributed by atoms with Crippen molar-refractivity contribution in [2.75, 3.05) is 49.1 Å². The van der Waals surface area contributed by atoms with Crippen molar-refractivity contribution in [2.45, 2.75) is 98.4 Å². The number of aliphatic hydroxyl groups is 2. The van der Waals surface area contributed by atoms with Gasteiger partial charge in [-0.25, -0.2) is 19.1 Å². The summed E-state index contributed by atoms with van der Waals surface area (Å²) in [6.07, 6.45) is 1.22. The van der Waals surface area contributed by atoms with Crippen molar-refractivity contribution in [1.82, 2.24) is 14.8 Å². The van der Waals surface area contributed by atoms with Crippen molar-refractivity contribution in [2.24, 2.45) is 5.41 Å². The largest absolute Gasteiger partial charge is 0.479 e. The molecule has 3 aliphatic heterocycles. The monoisotopic (exact) mass is 734 g/mol. The van der Waals surface area contributed by atoms with Crippen LogP contribution in [0.2, 0.25) is 0 Å². The van der Waals surface area contributed by atoms with Crippen LogP contribution in [0, 0.1) is 25.1 Å². The molecule has 0 bridgehead atoms. The van der Waals surface area contributed by atoms with E-state index in [4.69, 9.17) is 9.72 Å². The van der Waals surface area contributed by atoms with Crippen molar-refractivity contribution in [3.05, 3.63) is 81.4 Å². The number of carbonyl (C=O) groups is 1. The number of pyridine rings is 1. The zero-order valence-electron chi connectivity index (χ0n) is 31.8. The van der Waals surface area contributed by atoms with Gasteiger partial charge in [-0.15, -0.1) is 0 Å². The third-order valence-corrected chi connectivity index (χ3v) is 11.8. The molecule has 0 unspecified atom stereocenters. The number of ether oxygens (including phenoxy) is 1. The number of rotatable bonds is 9. The molecule has 0 aliphatic carbocycles. The van der Waals surface area contributed by atoms with Crippen LogP contribution in [0.3, 0.4) is 0 Å². The van der Waals surface area contributed by atoms with E-state index in [-0.39, 0.29) is 16.9 Å². The van der Waals surface area contributed by atoms with Crippen molar-refractivity contribution in [3.8, 4) is 11.1 Å². The molecular weight excluding hydrogens is 680 g/mol. The minimum Gasteiger partial charge on any atom is -0.479 e. The average molecular weight is 735 g/mol. The summed E-state index contributed by atoms with van der Waals surface area (Å²) in [5.74, 6) is -2.22. The zero-order valence-corrected chi connectivity index (χ0v) is 32.6. The van der Waals surface area contributed by atoms with Crippen LogP contribution >= 0.6 is 11.8 Å². The van der Waals surface area contributed by atoms with Crippen LogP contribution < -0.4 is 4.90 Å². The zero-order chi connectivity index (χ0) is 37.6. The molecule has 2 fully saturated rings. The molecule has 3 N–H and O–H groups in total. The molecule has 2 aromatic carbocycles. The second-order valence-corrected chi connectivity index (χ2v) is 17.8. The molecule has 282 valence electrons. The molecule has 0 amide bonds. The van der Waals surface area contributed by atoms with Gasteiger partial charge in [-0.1, -0.05) is 38.1 Å². The van der Waals surface area contributed by atoms with Gasteiger partial charge in [-0.2, -0.15) is 11.8 Å². The number of nitrogens with zero attached hydrogens (tertiary/aromatic N) is 4. The molecular formula is C41H55FN4O5S. The van der Waals surface area contributed by atoms with E-state index < -0.39 is 23.6 Å². The highest BCUT2D eigenvalue weighted by Crippen LogP contribution is 2.48. The first-order valence-electron chi connectivity index (χ1n) is 18.5.